The molecule has 100 valence electrons. The van der Waals surface area contributed by atoms with Crippen LogP contribution in [0.1, 0.15) is 38.1 Å². The van der Waals surface area contributed by atoms with Gasteiger partial charge in [0.1, 0.15) is 5.01 Å². The lowest BCUT2D eigenvalue weighted by molar-refractivity contribution is -0.136. The molecule has 1 heterocycles. The molecule has 0 amide bonds. The van der Waals surface area contributed by atoms with E-state index in [-0.39, 0.29) is 6.42 Å². The Kier molecular flexibility index (Phi) is 5.27. The third-order valence-corrected chi connectivity index (χ3v) is 3.54. The predicted octanol–water partition coefficient (Wildman–Crippen LogP) is 2.52. The van der Waals surface area contributed by atoms with E-state index in [1.165, 1.54) is 11.3 Å². The minimum atomic E-state index is -0.810. The molecule has 0 radical (unpaired) electrons. The first-order valence-corrected chi connectivity index (χ1v) is 6.66. The Labute approximate surface area is 111 Å². The molecule has 0 saturated carbocycles. The van der Waals surface area contributed by atoms with Crippen molar-refractivity contribution in [2.75, 3.05) is 18.0 Å². The first-order valence-electron chi connectivity index (χ1n) is 5.84. The zero-order chi connectivity index (χ0) is 13.7. The summed E-state index contributed by atoms with van der Waals surface area (Å²) in [5.41, 5.74) is 0.974. The molecule has 1 aromatic heterocycles. The van der Waals surface area contributed by atoms with E-state index in [1.54, 1.807) is 0 Å². The molecule has 0 saturated heterocycles. The molecule has 1 N–H and O–H groups in total. The molecule has 0 spiro atoms. The number of anilines is 1. The number of rotatable bonds is 7. The van der Waals surface area contributed by atoms with Gasteiger partial charge in [-0.25, -0.2) is 0 Å². The minimum Gasteiger partial charge on any atom is -0.481 e. The van der Waals surface area contributed by atoms with Crippen LogP contribution in [0.15, 0.2) is 12.2 Å². The molecule has 18 heavy (non-hydrogen) atoms. The molecule has 1 aromatic rings. The maximum Gasteiger partial charge on any atom is 0.305 e. The van der Waals surface area contributed by atoms with Gasteiger partial charge in [-0.1, -0.05) is 37.3 Å². The fraction of sp³-hybridized carbons (Fsp3) is 0.583. The monoisotopic (exact) mass is 269 g/mol. The molecule has 0 aliphatic rings. The molecule has 0 bridgehead atoms. The van der Waals surface area contributed by atoms with Crippen LogP contribution in [0.4, 0.5) is 5.13 Å². The summed E-state index contributed by atoms with van der Waals surface area (Å²) in [5.74, 6) is -0.474. The van der Waals surface area contributed by atoms with Crippen LogP contribution in [-0.2, 0) is 4.79 Å². The van der Waals surface area contributed by atoms with Crippen molar-refractivity contribution in [3.8, 4) is 0 Å². The van der Waals surface area contributed by atoms with Crippen LogP contribution < -0.4 is 4.90 Å². The van der Waals surface area contributed by atoms with Crippen LogP contribution in [0.2, 0.25) is 0 Å². The summed E-state index contributed by atoms with van der Waals surface area (Å²) >= 11 is 1.51. The lowest BCUT2D eigenvalue weighted by Gasteiger charge is -2.20. The van der Waals surface area contributed by atoms with Gasteiger partial charge in [-0.15, -0.1) is 10.2 Å². The Morgan fingerprint density at radius 1 is 1.50 bits per heavy atom. The van der Waals surface area contributed by atoms with Crippen molar-refractivity contribution in [2.24, 2.45) is 0 Å². The van der Waals surface area contributed by atoms with E-state index < -0.39 is 5.97 Å². The maximum absolute atomic E-state index is 10.7. The summed E-state index contributed by atoms with van der Waals surface area (Å²) in [7, 11) is 0. The standard InChI is InChI=1S/C12H19N3O2S/c1-8(2)7-15(6-5-10(16)17)12-14-13-11(18-12)9(3)4/h9H,1,5-7H2,2-4H3,(H,16,17). The molecule has 0 aliphatic carbocycles. The third kappa shape index (κ3) is 4.44. The highest BCUT2D eigenvalue weighted by molar-refractivity contribution is 7.15. The van der Waals surface area contributed by atoms with E-state index in [1.807, 2.05) is 11.8 Å². The van der Waals surface area contributed by atoms with Crippen molar-refractivity contribution in [2.45, 2.75) is 33.1 Å². The summed E-state index contributed by atoms with van der Waals surface area (Å²) in [6.07, 6.45) is 0.0872. The summed E-state index contributed by atoms with van der Waals surface area (Å²) in [6, 6.07) is 0. The largest absolute Gasteiger partial charge is 0.481 e. The highest BCUT2D eigenvalue weighted by Gasteiger charge is 2.15. The summed E-state index contributed by atoms with van der Waals surface area (Å²) in [4.78, 5) is 12.6. The molecule has 6 heteroatoms. The fourth-order valence-electron chi connectivity index (χ4n) is 1.39. The van der Waals surface area contributed by atoms with E-state index in [4.69, 9.17) is 5.11 Å². The Bertz CT molecular complexity index is 429. The first kappa shape index (κ1) is 14.6. The van der Waals surface area contributed by atoms with Crippen LogP contribution in [0.5, 0.6) is 0 Å². The predicted molar refractivity (Wildman–Crippen MR) is 73.3 cm³/mol. The zero-order valence-electron chi connectivity index (χ0n) is 11.0. The third-order valence-electron chi connectivity index (χ3n) is 2.25. The lowest BCUT2D eigenvalue weighted by Crippen LogP contribution is -2.27. The van der Waals surface area contributed by atoms with Crippen molar-refractivity contribution in [1.29, 1.82) is 0 Å². The Hall–Kier alpha value is -1.43. The number of carboxylic acid groups (broad SMARTS) is 1. The number of hydrogen-bond donors (Lipinski definition) is 1. The summed E-state index contributed by atoms with van der Waals surface area (Å²) in [6.45, 7) is 10.9. The lowest BCUT2D eigenvalue weighted by atomic mass is 10.2. The summed E-state index contributed by atoms with van der Waals surface area (Å²) in [5, 5.41) is 18.7. The van der Waals surface area contributed by atoms with Gasteiger partial charge in [-0.05, 0) is 6.92 Å². The fourth-order valence-corrected chi connectivity index (χ4v) is 2.26. The minimum absolute atomic E-state index is 0.0872. The molecule has 5 nitrogen and oxygen atoms in total. The second-order valence-corrected chi connectivity index (χ2v) is 5.59. The maximum atomic E-state index is 10.7. The van der Waals surface area contributed by atoms with Crippen LogP contribution in [0.3, 0.4) is 0 Å². The van der Waals surface area contributed by atoms with Crippen molar-refractivity contribution in [3.63, 3.8) is 0 Å². The second kappa shape index (κ2) is 6.49. The van der Waals surface area contributed by atoms with Crippen molar-refractivity contribution in [1.82, 2.24) is 10.2 Å². The Morgan fingerprint density at radius 2 is 2.17 bits per heavy atom. The second-order valence-electron chi connectivity index (χ2n) is 4.60. The van der Waals surface area contributed by atoms with E-state index in [0.29, 0.717) is 19.0 Å². The van der Waals surface area contributed by atoms with Gasteiger partial charge < -0.3 is 10.0 Å². The molecule has 0 atom stereocenters. The number of hydrogen-bond acceptors (Lipinski definition) is 5. The van der Waals surface area contributed by atoms with Crippen LogP contribution in [0, 0.1) is 0 Å². The number of carbonyl (C=O) groups is 1. The van der Waals surface area contributed by atoms with Crippen molar-refractivity contribution < 1.29 is 9.90 Å². The highest BCUT2D eigenvalue weighted by atomic mass is 32.1. The number of nitrogens with zero attached hydrogens (tertiary/aromatic N) is 3. The van der Waals surface area contributed by atoms with E-state index in [9.17, 15) is 4.79 Å². The quantitative estimate of drug-likeness (QED) is 0.770. The van der Waals surface area contributed by atoms with Gasteiger partial charge in [0.25, 0.3) is 0 Å². The van der Waals surface area contributed by atoms with Gasteiger partial charge in [0, 0.05) is 19.0 Å². The number of aliphatic carboxylic acids is 1. The molecular weight excluding hydrogens is 250 g/mol. The smallest absolute Gasteiger partial charge is 0.305 e. The van der Waals surface area contributed by atoms with Crippen LogP contribution >= 0.6 is 11.3 Å². The topological polar surface area (TPSA) is 66.3 Å². The number of aromatic nitrogens is 2. The van der Waals surface area contributed by atoms with Crippen molar-refractivity contribution in [3.05, 3.63) is 17.2 Å². The van der Waals surface area contributed by atoms with Crippen LogP contribution in [0.25, 0.3) is 0 Å². The van der Waals surface area contributed by atoms with Crippen molar-refractivity contribution >= 4 is 22.4 Å². The van der Waals surface area contributed by atoms with E-state index in [2.05, 4.69) is 30.6 Å². The molecule has 0 aromatic carbocycles. The molecular formula is C12H19N3O2S. The Morgan fingerprint density at radius 3 is 2.61 bits per heavy atom. The average Bonchev–Trinajstić information content (AvgIpc) is 2.72. The van der Waals surface area contributed by atoms with Gasteiger partial charge in [0.15, 0.2) is 0 Å². The molecule has 1 rings (SSSR count). The van der Waals surface area contributed by atoms with Gasteiger partial charge in [0.05, 0.1) is 6.42 Å². The Balaban J connectivity index is 2.79. The van der Waals surface area contributed by atoms with E-state index in [0.717, 1.165) is 15.7 Å². The normalized spacial score (nSPS) is 10.7. The molecule has 0 unspecified atom stereocenters. The SMILES string of the molecule is C=C(C)CN(CCC(=O)O)c1nnc(C(C)C)s1. The molecule has 0 fully saturated rings. The first-order chi connectivity index (χ1) is 8.40. The van der Waals surface area contributed by atoms with E-state index >= 15 is 0 Å². The van der Waals surface area contributed by atoms with Gasteiger partial charge >= 0.3 is 5.97 Å². The molecule has 0 aliphatic heterocycles. The van der Waals surface area contributed by atoms with Gasteiger partial charge in [-0.3, -0.25) is 4.79 Å². The highest BCUT2D eigenvalue weighted by Crippen LogP contribution is 2.26. The zero-order valence-corrected chi connectivity index (χ0v) is 11.8. The average molecular weight is 269 g/mol. The van der Waals surface area contributed by atoms with Gasteiger partial charge in [-0.2, -0.15) is 0 Å². The summed E-state index contributed by atoms with van der Waals surface area (Å²) < 4.78 is 0. The van der Waals surface area contributed by atoms with Gasteiger partial charge in [0.2, 0.25) is 5.13 Å². The van der Waals surface area contributed by atoms with Crippen LogP contribution in [-0.4, -0.2) is 34.4 Å². The number of carboxylic acids is 1.